The number of hydrogen-bond acceptors (Lipinski definition) is 4. The van der Waals surface area contributed by atoms with Crippen LogP contribution in [0.5, 0.6) is 0 Å². The molecule has 0 radical (unpaired) electrons. The lowest BCUT2D eigenvalue weighted by Crippen LogP contribution is -2.32. The SMILES string of the molecule is O=C(NOCc1ccccc1)c1ccc(S(=O)(=O)N2CCCCCC2)cc1. The van der Waals surface area contributed by atoms with Gasteiger partial charge >= 0.3 is 0 Å². The van der Waals surface area contributed by atoms with Gasteiger partial charge in [0.05, 0.1) is 11.5 Å². The molecule has 144 valence electrons. The first-order chi connectivity index (χ1) is 13.1. The molecule has 0 spiro atoms. The van der Waals surface area contributed by atoms with Crippen molar-refractivity contribution in [1.82, 2.24) is 9.79 Å². The number of nitrogens with one attached hydrogen (secondary N) is 1. The van der Waals surface area contributed by atoms with Crippen molar-refractivity contribution in [1.29, 1.82) is 0 Å². The summed E-state index contributed by atoms with van der Waals surface area (Å²) in [4.78, 5) is 17.6. The molecular weight excluding hydrogens is 364 g/mol. The van der Waals surface area contributed by atoms with E-state index in [0.717, 1.165) is 31.2 Å². The summed E-state index contributed by atoms with van der Waals surface area (Å²) in [6.07, 6.45) is 3.90. The van der Waals surface area contributed by atoms with Gasteiger partial charge in [0.15, 0.2) is 0 Å². The van der Waals surface area contributed by atoms with E-state index in [-0.39, 0.29) is 11.5 Å². The second-order valence-corrected chi connectivity index (χ2v) is 8.49. The number of hydrogen-bond donors (Lipinski definition) is 1. The molecule has 2 aromatic rings. The number of carbonyl (C=O) groups excluding carboxylic acids is 1. The lowest BCUT2D eigenvalue weighted by molar-refractivity contribution is 0.0233. The largest absolute Gasteiger partial charge is 0.274 e. The van der Waals surface area contributed by atoms with E-state index in [1.54, 1.807) is 0 Å². The third-order valence-electron chi connectivity index (χ3n) is 4.57. The zero-order valence-electron chi connectivity index (χ0n) is 15.1. The van der Waals surface area contributed by atoms with Gasteiger partial charge in [-0.25, -0.2) is 13.9 Å². The van der Waals surface area contributed by atoms with Crippen LogP contribution in [0.1, 0.15) is 41.6 Å². The summed E-state index contributed by atoms with van der Waals surface area (Å²) in [6.45, 7) is 1.36. The molecule has 0 aliphatic carbocycles. The van der Waals surface area contributed by atoms with Gasteiger partial charge in [-0.15, -0.1) is 0 Å². The van der Waals surface area contributed by atoms with Crippen LogP contribution < -0.4 is 5.48 Å². The zero-order valence-corrected chi connectivity index (χ0v) is 16.0. The molecule has 0 aromatic heterocycles. The van der Waals surface area contributed by atoms with Gasteiger partial charge in [-0.1, -0.05) is 43.2 Å². The Labute approximate surface area is 160 Å². The van der Waals surface area contributed by atoms with Crippen LogP contribution in [0.2, 0.25) is 0 Å². The van der Waals surface area contributed by atoms with Crippen molar-refractivity contribution in [3.63, 3.8) is 0 Å². The summed E-state index contributed by atoms with van der Waals surface area (Å²) in [5.41, 5.74) is 3.67. The molecule has 0 atom stereocenters. The van der Waals surface area contributed by atoms with E-state index in [2.05, 4.69) is 5.48 Å². The molecule has 1 saturated heterocycles. The van der Waals surface area contributed by atoms with Crippen LogP contribution in [0.4, 0.5) is 0 Å². The van der Waals surface area contributed by atoms with E-state index < -0.39 is 15.9 Å². The second-order valence-electron chi connectivity index (χ2n) is 6.55. The minimum absolute atomic E-state index is 0.214. The van der Waals surface area contributed by atoms with Gasteiger partial charge in [0, 0.05) is 18.7 Å². The molecule has 1 fully saturated rings. The van der Waals surface area contributed by atoms with Crippen molar-refractivity contribution in [2.75, 3.05) is 13.1 Å². The number of sulfonamides is 1. The minimum Gasteiger partial charge on any atom is -0.269 e. The van der Waals surface area contributed by atoms with Crippen molar-refractivity contribution in [3.05, 3.63) is 65.7 Å². The average Bonchev–Trinajstić information content (AvgIpc) is 2.99. The highest BCUT2D eigenvalue weighted by molar-refractivity contribution is 7.89. The van der Waals surface area contributed by atoms with Gasteiger partial charge in [0.1, 0.15) is 0 Å². The quantitative estimate of drug-likeness (QED) is 0.772. The Bertz CT molecular complexity index is 843. The monoisotopic (exact) mass is 388 g/mol. The summed E-state index contributed by atoms with van der Waals surface area (Å²) < 4.78 is 27.0. The highest BCUT2D eigenvalue weighted by Crippen LogP contribution is 2.20. The van der Waals surface area contributed by atoms with Crippen molar-refractivity contribution in [2.45, 2.75) is 37.2 Å². The molecule has 6 nitrogen and oxygen atoms in total. The van der Waals surface area contributed by atoms with E-state index in [1.165, 1.54) is 28.6 Å². The number of carbonyl (C=O) groups is 1. The summed E-state index contributed by atoms with van der Waals surface area (Å²) in [5, 5.41) is 0. The number of rotatable bonds is 6. The molecule has 2 aromatic carbocycles. The molecule has 1 amide bonds. The Morgan fingerprint density at radius 3 is 2.19 bits per heavy atom. The van der Waals surface area contributed by atoms with E-state index in [1.807, 2.05) is 30.3 Å². The maximum Gasteiger partial charge on any atom is 0.274 e. The first-order valence-electron chi connectivity index (χ1n) is 9.14. The van der Waals surface area contributed by atoms with Gasteiger partial charge < -0.3 is 0 Å². The summed E-state index contributed by atoms with van der Waals surface area (Å²) >= 11 is 0. The maximum absolute atomic E-state index is 12.8. The predicted octanol–water partition coefficient (Wildman–Crippen LogP) is 3.11. The number of hydroxylamine groups is 1. The Hall–Kier alpha value is -2.22. The summed E-state index contributed by atoms with van der Waals surface area (Å²) in [5.74, 6) is -0.412. The third-order valence-corrected chi connectivity index (χ3v) is 6.48. The fourth-order valence-electron chi connectivity index (χ4n) is 3.03. The first kappa shape index (κ1) is 19.5. The Morgan fingerprint density at radius 2 is 1.56 bits per heavy atom. The van der Waals surface area contributed by atoms with Gasteiger partial charge in [-0.2, -0.15) is 4.31 Å². The molecule has 7 heteroatoms. The molecule has 1 N–H and O–H groups in total. The van der Waals surface area contributed by atoms with Crippen molar-refractivity contribution >= 4 is 15.9 Å². The fraction of sp³-hybridized carbons (Fsp3) is 0.350. The molecule has 27 heavy (non-hydrogen) atoms. The topological polar surface area (TPSA) is 75.7 Å². The molecule has 1 aliphatic heterocycles. The normalized spacial score (nSPS) is 15.9. The van der Waals surface area contributed by atoms with Crippen LogP contribution in [0.25, 0.3) is 0 Å². The highest BCUT2D eigenvalue weighted by Gasteiger charge is 2.25. The van der Waals surface area contributed by atoms with E-state index >= 15 is 0 Å². The molecule has 1 heterocycles. The summed E-state index contributed by atoms with van der Waals surface area (Å²) in [7, 11) is -3.51. The minimum atomic E-state index is -3.51. The molecule has 3 rings (SSSR count). The van der Waals surface area contributed by atoms with Crippen molar-refractivity contribution in [2.24, 2.45) is 0 Å². The van der Waals surface area contributed by atoms with Crippen LogP contribution in [0.3, 0.4) is 0 Å². The second kappa shape index (κ2) is 9.12. The van der Waals surface area contributed by atoms with E-state index in [4.69, 9.17) is 4.84 Å². The van der Waals surface area contributed by atoms with Gasteiger partial charge in [0.2, 0.25) is 10.0 Å². The third kappa shape index (κ3) is 5.15. The maximum atomic E-state index is 12.8. The number of amides is 1. The van der Waals surface area contributed by atoms with Gasteiger partial charge in [-0.3, -0.25) is 9.63 Å². The Kier molecular flexibility index (Phi) is 6.60. The Morgan fingerprint density at radius 1 is 0.926 bits per heavy atom. The molecule has 1 aliphatic rings. The highest BCUT2D eigenvalue weighted by atomic mass is 32.2. The lowest BCUT2D eigenvalue weighted by Gasteiger charge is -2.20. The predicted molar refractivity (Wildman–Crippen MR) is 102 cm³/mol. The Balaban J connectivity index is 1.59. The van der Waals surface area contributed by atoms with Crippen LogP contribution in [0, 0.1) is 0 Å². The zero-order chi connectivity index (χ0) is 19.1. The molecule has 0 unspecified atom stereocenters. The lowest BCUT2D eigenvalue weighted by atomic mass is 10.2. The first-order valence-corrected chi connectivity index (χ1v) is 10.6. The number of benzene rings is 2. The standard InChI is InChI=1S/C20H24N2O4S/c23-20(21-26-16-17-8-4-3-5-9-17)18-10-12-19(13-11-18)27(24,25)22-14-6-1-2-7-15-22/h3-5,8-13H,1-2,6-7,14-16H2,(H,21,23). The molecular formula is C20H24N2O4S. The summed E-state index contributed by atoms with van der Waals surface area (Å²) in [6, 6.07) is 15.5. The van der Waals surface area contributed by atoms with Crippen LogP contribution >= 0.6 is 0 Å². The van der Waals surface area contributed by atoms with Crippen LogP contribution in [-0.4, -0.2) is 31.7 Å². The van der Waals surface area contributed by atoms with Gasteiger partial charge in [0.25, 0.3) is 5.91 Å². The number of nitrogens with zero attached hydrogens (tertiary/aromatic N) is 1. The molecule has 0 saturated carbocycles. The fourth-order valence-corrected chi connectivity index (χ4v) is 4.54. The van der Waals surface area contributed by atoms with Crippen molar-refractivity contribution < 1.29 is 18.0 Å². The van der Waals surface area contributed by atoms with E-state index in [0.29, 0.717) is 18.7 Å². The molecule has 0 bridgehead atoms. The van der Waals surface area contributed by atoms with E-state index in [9.17, 15) is 13.2 Å². The van der Waals surface area contributed by atoms with Crippen LogP contribution in [0.15, 0.2) is 59.5 Å². The van der Waals surface area contributed by atoms with Crippen LogP contribution in [-0.2, 0) is 21.5 Å². The van der Waals surface area contributed by atoms with Gasteiger partial charge in [-0.05, 0) is 42.7 Å². The smallest absolute Gasteiger partial charge is 0.269 e. The van der Waals surface area contributed by atoms with Crippen molar-refractivity contribution in [3.8, 4) is 0 Å². The average molecular weight is 388 g/mol.